The van der Waals surface area contributed by atoms with Crippen LogP contribution < -0.4 is 0 Å². The van der Waals surface area contributed by atoms with Gasteiger partial charge in [-0.3, -0.25) is 0 Å². The maximum Gasteiger partial charge on any atom is 0.346 e. The van der Waals surface area contributed by atoms with Gasteiger partial charge in [0.25, 0.3) is 0 Å². The second-order valence-electron chi connectivity index (χ2n) is 1.97. The van der Waals surface area contributed by atoms with E-state index in [1.54, 1.807) is 0 Å². The first-order chi connectivity index (χ1) is 5.27. The van der Waals surface area contributed by atoms with Crippen LogP contribution in [0.2, 0.25) is 0 Å². The summed E-state index contributed by atoms with van der Waals surface area (Å²) in [6, 6.07) is 1.47. The van der Waals surface area contributed by atoms with Crippen LogP contribution in [0.3, 0.4) is 0 Å². The SMILES string of the molecule is O=C(O)c1cc2oncc2s1. The molecule has 0 saturated heterocycles. The number of thiophene rings is 1. The van der Waals surface area contributed by atoms with E-state index in [0.29, 0.717) is 5.58 Å². The molecule has 0 atom stereocenters. The van der Waals surface area contributed by atoms with Crippen LogP contribution in [0.5, 0.6) is 0 Å². The number of nitrogens with zero attached hydrogens (tertiary/aromatic N) is 1. The van der Waals surface area contributed by atoms with E-state index >= 15 is 0 Å². The zero-order valence-corrected chi connectivity index (χ0v) is 6.09. The molecule has 1 N–H and O–H groups in total. The van der Waals surface area contributed by atoms with Crippen molar-refractivity contribution >= 4 is 27.6 Å². The minimum Gasteiger partial charge on any atom is -0.477 e. The number of carboxylic acid groups (broad SMARTS) is 1. The molecule has 0 radical (unpaired) electrons. The van der Waals surface area contributed by atoms with Crippen molar-refractivity contribution in [1.29, 1.82) is 0 Å². The summed E-state index contributed by atoms with van der Waals surface area (Å²) >= 11 is 1.16. The zero-order valence-electron chi connectivity index (χ0n) is 5.27. The molecule has 0 saturated carbocycles. The fourth-order valence-electron chi connectivity index (χ4n) is 0.786. The molecule has 0 fully saturated rings. The van der Waals surface area contributed by atoms with Gasteiger partial charge in [0, 0.05) is 6.07 Å². The number of fused-ring (bicyclic) bond motifs is 1. The summed E-state index contributed by atoms with van der Waals surface area (Å²) in [6.45, 7) is 0. The van der Waals surface area contributed by atoms with Crippen molar-refractivity contribution in [3.8, 4) is 0 Å². The number of aromatic carboxylic acids is 1. The highest BCUT2D eigenvalue weighted by Crippen LogP contribution is 2.24. The van der Waals surface area contributed by atoms with E-state index in [1.165, 1.54) is 12.3 Å². The number of aromatic nitrogens is 1. The molecule has 2 aromatic rings. The molecule has 0 aliphatic heterocycles. The molecule has 11 heavy (non-hydrogen) atoms. The van der Waals surface area contributed by atoms with Gasteiger partial charge in [0.1, 0.15) is 4.88 Å². The van der Waals surface area contributed by atoms with Gasteiger partial charge in [-0.1, -0.05) is 5.16 Å². The number of hydrogen-bond acceptors (Lipinski definition) is 4. The molecule has 0 unspecified atom stereocenters. The molecule has 0 bridgehead atoms. The van der Waals surface area contributed by atoms with E-state index in [1.807, 2.05) is 0 Å². The maximum absolute atomic E-state index is 10.4. The van der Waals surface area contributed by atoms with Crippen molar-refractivity contribution in [2.75, 3.05) is 0 Å². The third-order valence-corrected chi connectivity index (χ3v) is 2.30. The molecular weight excluding hydrogens is 166 g/mol. The molecular formula is C6H3NO3S. The molecule has 0 aliphatic carbocycles. The monoisotopic (exact) mass is 169 g/mol. The van der Waals surface area contributed by atoms with E-state index in [9.17, 15) is 4.79 Å². The van der Waals surface area contributed by atoms with Crippen molar-refractivity contribution in [2.24, 2.45) is 0 Å². The summed E-state index contributed by atoms with van der Waals surface area (Å²) in [4.78, 5) is 10.7. The second-order valence-corrected chi connectivity index (χ2v) is 3.05. The summed E-state index contributed by atoms with van der Waals surface area (Å²) in [6.07, 6.45) is 1.51. The fraction of sp³-hybridized carbons (Fsp3) is 0. The molecule has 2 heterocycles. The van der Waals surface area contributed by atoms with E-state index in [4.69, 9.17) is 9.63 Å². The number of rotatable bonds is 1. The second kappa shape index (κ2) is 2.06. The summed E-state index contributed by atoms with van der Waals surface area (Å²) in [5, 5.41) is 12.1. The Labute approximate surface area is 65.0 Å². The molecule has 0 aliphatic rings. The average molecular weight is 169 g/mol. The van der Waals surface area contributed by atoms with Crippen LogP contribution in [0.15, 0.2) is 16.8 Å². The lowest BCUT2D eigenvalue weighted by molar-refractivity contribution is 0.0702. The van der Waals surface area contributed by atoms with Gasteiger partial charge in [0.2, 0.25) is 0 Å². The highest BCUT2D eigenvalue weighted by Gasteiger charge is 2.10. The zero-order chi connectivity index (χ0) is 7.84. The predicted molar refractivity (Wildman–Crippen MR) is 38.8 cm³/mol. The quantitative estimate of drug-likeness (QED) is 0.704. The Balaban J connectivity index is 2.67. The van der Waals surface area contributed by atoms with Gasteiger partial charge in [-0.25, -0.2) is 4.79 Å². The Hall–Kier alpha value is -1.36. The topological polar surface area (TPSA) is 63.3 Å². The first-order valence-corrected chi connectivity index (χ1v) is 3.66. The van der Waals surface area contributed by atoms with Crippen LogP contribution in [0.1, 0.15) is 9.67 Å². The van der Waals surface area contributed by atoms with Gasteiger partial charge >= 0.3 is 5.97 Å². The average Bonchev–Trinajstić information content (AvgIpc) is 2.40. The summed E-state index contributed by atoms with van der Waals surface area (Å²) in [5.41, 5.74) is 0.535. The number of hydrogen-bond donors (Lipinski definition) is 1. The van der Waals surface area contributed by atoms with Crippen LogP contribution in [-0.4, -0.2) is 16.2 Å². The van der Waals surface area contributed by atoms with Crippen LogP contribution in [0.25, 0.3) is 10.3 Å². The standard InChI is InChI=1S/C6H3NO3S/c8-6(9)4-1-3-5(11-4)2-7-10-3/h1-2H,(H,8,9). The molecule has 0 amide bonds. The molecule has 2 rings (SSSR count). The molecule has 56 valence electrons. The summed E-state index contributed by atoms with van der Waals surface area (Å²) in [7, 11) is 0. The van der Waals surface area contributed by atoms with E-state index < -0.39 is 5.97 Å². The van der Waals surface area contributed by atoms with Gasteiger partial charge < -0.3 is 9.63 Å². The Morgan fingerprint density at radius 3 is 3.18 bits per heavy atom. The van der Waals surface area contributed by atoms with Crippen molar-refractivity contribution in [3.63, 3.8) is 0 Å². The highest BCUT2D eigenvalue weighted by molar-refractivity contribution is 7.20. The summed E-state index contributed by atoms with van der Waals surface area (Å²) in [5.74, 6) is -0.929. The van der Waals surface area contributed by atoms with Gasteiger partial charge in [-0.2, -0.15) is 0 Å². The van der Waals surface area contributed by atoms with Crippen LogP contribution in [-0.2, 0) is 0 Å². The van der Waals surface area contributed by atoms with Gasteiger partial charge in [0.05, 0.1) is 10.9 Å². The van der Waals surface area contributed by atoms with Crippen LogP contribution >= 0.6 is 11.3 Å². The Bertz CT molecular complexity index is 374. The minimum atomic E-state index is -0.929. The Morgan fingerprint density at radius 1 is 1.73 bits per heavy atom. The van der Waals surface area contributed by atoms with Crippen molar-refractivity contribution in [1.82, 2.24) is 5.16 Å². The normalized spacial score (nSPS) is 10.5. The van der Waals surface area contributed by atoms with Crippen LogP contribution in [0, 0.1) is 0 Å². The fourth-order valence-corrected chi connectivity index (χ4v) is 1.57. The van der Waals surface area contributed by atoms with Crippen LogP contribution in [0.4, 0.5) is 0 Å². The van der Waals surface area contributed by atoms with Crippen molar-refractivity contribution in [3.05, 3.63) is 17.1 Å². The largest absolute Gasteiger partial charge is 0.477 e. The lowest BCUT2D eigenvalue weighted by Gasteiger charge is -1.79. The van der Waals surface area contributed by atoms with E-state index in [2.05, 4.69) is 5.16 Å². The molecule has 0 spiro atoms. The van der Waals surface area contributed by atoms with Gasteiger partial charge in [-0.05, 0) is 0 Å². The molecule has 4 nitrogen and oxygen atoms in total. The summed E-state index contributed by atoms with van der Waals surface area (Å²) < 4.78 is 5.51. The first kappa shape index (κ1) is 6.36. The van der Waals surface area contributed by atoms with Gasteiger partial charge in [-0.15, -0.1) is 11.3 Å². The number of carbonyl (C=O) groups is 1. The molecule has 2 aromatic heterocycles. The maximum atomic E-state index is 10.4. The third-order valence-electron chi connectivity index (χ3n) is 1.26. The van der Waals surface area contributed by atoms with E-state index in [-0.39, 0.29) is 4.88 Å². The van der Waals surface area contributed by atoms with E-state index in [0.717, 1.165) is 16.0 Å². The third kappa shape index (κ3) is 0.894. The Morgan fingerprint density at radius 2 is 2.55 bits per heavy atom. The first-order valence-electron chi connectivity index (χ1n) is 2.85. The predicted octanol–water partition coefficient (Wildman–Crippen LogP) is 1.59. The molecule has 0 aromatic carbocycles. The van der Waals surface area contributed by atoms with Crippen molar-refractivity contribution < 1.29 is 14.4 Å². The smallest absolute Gasteiger partial charge is 0.346 e. The lowest BCUT2D eigenvalue weighted by atomic mass is 10.4. The van der Waals surface area contributed by atoms with Gasteiger partial charge in [0.15, 0.2) is 5.58 Å². The highest BCUT2D eigenvalue weighted by atomic mass is 32.1. The number of carboxylic acids is 1. The minimum absolute atomic E-state index is 0.279. The lowest BCUT2D eigenvalue weighted by Crippen LogP contribution is -1.89. The Kier molecular flexibility index (Phi) is 1.19. The van der Waals surface area contributed by atoms with Crippen molar-refractivity contribution in [2.45, 2.75) is 0 Å². The molecule has 5 heteroatoms.